The normalized spacial score (nSPS) is 24.0. The highest BCUT2D eigenvalue weighted by molar-refractivity contribution is 5.83. The van der Waals surface area contributed by atoms with E-state index >= 15 is 0 Å². The predicted molar refractivity (Wildman–Crippen MR) is 74.4 cm³/mol. The fourth-order valence-electron chi connectivity index (χ4n) is 2.50. The topological polar surface area (TPSA) is 56.6 Å². The maximum atomic E-state index is 5.29. The molecule has 0 spiro atoms. The fourth-order valence-corrected chi connectivity index (χ4v) is 2.50. The number of benzene rings is 2. The molecule has 0 aliphatic carbocycles. The second kappa shape index (κ2) is 4.93. The van der Waals surface area contributed by atoms with Gasteiger partial charge in [0.05, 0.1) is 25.4 Å². The molecule has 3 nitrogen and oxygen atoms in total. The number of rotatable bonds is 4. The largest absolute Gasteiger partial charge is 0.412 e. The van der Waals surface area contributed by atoms with E-state index in [0.717, 1.165) is 26.1 Å². The lowest BCUT2D eigenvalue weighted by atomic mass is 10.0. The molecule has 0 bridgehead atoms. The Labute approximate surface area is 112 Å². The van der Waals surface area contributed by atoms with Crippen molar-refractivity contribution in [3.63, 3.8) is 0 Å². The van der Waals surface area contributed by atoms with E-state index in [0.29, 0.717) is 12.2 Å². The molecule has 0 saturated carbocycles. The second-order valence-corrected chi connectivity index (χ2v) is 5.33. The Morgan fingerprint density at radius 3 is 1.68 bits per heavy atom. The van der Waals surface area contributed by atoms with Gasteiger partial charge in [-0.05, 0) is 21.9 Å². The summed E-state index contributed by atoms with van der Waals surface area (Å²) in [6, 6.07) is 13.5. The van der Waals surface area contributed by atoms with Crippen molar-refractivity contribution >= 4 is 10.8 Å². The minimum absolute atomic E-state index is 0. The van der Waals surface area contributed by atoms with Crippen LogP contribution in [0.25, 0.3) is 10.8 Å². The van der Waals surface area contributed by atoms with Crippen LogP contribution in [0.2, 0.25) is 0 Å². The molecule has 2 unspecified atom stereocenters. The van der Waals surface area contributed by atoms with Gasteiger partial charge in [0.25, 0.3) is 0 Å². The SMILES string of the molecule is O.c1cc2ccc(CC3CO3)cc2cc1CC1CO1. The molecule has 2 fully saturated rings. The van der Waals surface area contributed by atoms with E-state index in [-0.39, 0.29) is 5.48 Å². The molecule has 2 aliphatic rings. The zero-order valence-electron chi connectivity index (χ0n) is 10.8. The van der Waals surface area contributed by atoms with Crippen molar-refractivity contribution in [2.45, 2.75) is 25.0 Å². The third kappa shape index (κ3) is 2.95. The summed E-state index contributed by atoms with van der Waals surface area (Å²) in [6.07, 6.45) is 3.02. The summed E-state index contributed by atoms with van der Waals surface area (Å²) < 4.78 is 10.6. The minimum atomic E-state index is 0. The van der Waals surface area contributed by atoms with Crippen molar-refractivity contribution in [2.24, 2.45) is 0 Å². The third-order valence-corrected chi connectivity index (χ3v) is 3.70. The van der Waals surface area contributed by atoms with E-state index < -0.39 is 0 Å². The van der Waals surface area contributed by atoms with E-state index in [2.05, 4.69) is 36.4 Å². The molecule has 2 atom stereocenters. The highest BCUT2D eigenvalue weighted by Gasteiger charge is 2.23. The van der Waals surface area contributed by atoms with Crippen LogP contribution in [-0.4, -0.2) is 30.9 Å². The molecule has 4 rings (SSSR count). The maximum Gasteiger partial charge on any atom is 0.0850 e. The molecule has 2 aromatic rings. The van der Waals surface area contributed by atoms with Crippen LogP contribution >= 0.6 is 0 Å². The van der Waals surface area contributed by atoms with Gasteiger partial charge in [0.15, 0.2) is 0 Å². The average Bonchev–Trinajstić information content (AvgIpc) is 3.25. The minimum Gasteiger partial charge on any atom is -0.412 e. The van der Waals surface area contributed by atoms with Crippen molar-refractivity contribution < 1.29 is 14.9 Å². The molecule has 0 aromatic heterocycles. The molecule has 0 radical (unpaired) electrons. The lowest BCUT2D eigenvalue weighted by molar-refractivity contribution is 0.407. The van der Waals surface area contributed by atoms with Crippen LogP contribution in [0.1, 0.15) is 11.1 Å². The van der Waals surface area contributed by atoms with Crippen molar-refractivity contribution in [2.75, 3.05) is 13.2 Å². The number of ether oxygens (including phenoxy) is 2. The number of hydrogen-bond acceptors (Lipinski definition) is 2. The quantitative estimate of drug-likeness (QED) is 0.786. The lowest BCUT2D eigenvalue weighted by Crippen LogP contribution is -1.94. The van der Waals surface area contributed by atoms with Crippen LogP contribution in [0.3, 0.4) is 0 Å². The standard InChI is InChI=1S/C16H16O2.H2O/c1-3-13-4-2-12(8-16-10-18-16)6-14(13)5-11(1)7-15-9-17-15;/h1-6,15-16H,7-10H2;1H2. The fraction of sp³-hybridized carbons (Fsp3) is 0.375. The first-order valence-electron chi connectivity index (χ1n) is 6.61. The van der Waals surface area contributed by atoms with Gasteiger partial charge in [-0.15, -0.1) is 0 Å². The van der Waals surface area contributed by atoms with Crippen LogP contribution in [-0.2, 0) is 22.3 Å². The first-order chi connectivity index (χ1) is 8.87. The smallest absolute Gasteiger partial charge is 0.0850 e. The van der Waals surface area contributed by atoms with Crippen LogP contribution in [0.15, 0.2) is 36.4 Å². The van der Waals surface area contributed by atoms with Gasteiger partial charge in [-0.2, -0.15) is 0 Å². The van der Waals surface area contributed by atoms with Crippen LogP contribution in [0.5, 0.6) is 0 Å². The first kappa shape index (κ1) is 12.6. The van der Waals surface area contributed by atoms with Gasteiger partial charge >= 0.3 is 0 Å². The molecule has 2 heterocycles. The van der Waals surface area contributed by atoms with Crippen LogP contribution in [0, 0.1) is 0 Å². The monoisotopic (exact) mass is 258 g/mol. The summed E-state index contributed by atoms with van der Waals surface area (Å²) in [6.45, 7) is 1.86. The first-order valence-corrected chi connectivity index (χ1v) is 6.61. The van der Waals surface area contributed by atoms with E-state index in [1.807, 2.05) is 0 Å². The van der Waals surface area contributed by atoms with E-state index in [1.165, 1.54) is 21.9 Å². The van der Waals surface area contributed by atoms with Gasteiger partial charge in [-0.25, -0.2) is 0 Å². The number of epoxide rings is 2. The Kier molecular flexibility index (Phi) is 3.27. The Bertz CT molecular complexity index is 537. The molecular formula is C16H18O3. The van der Waals surface area contributed by atoms with Crippen LogP contribution in [0.4, 0.5) is 0 Å². The van der Waals surface area contributed by atoms with Gasteiger partial charge in [0.1, 0.15) is 0 Å². The Morgan fingerprint density at radius 2 is 1.26 bits per heavy atom. The molecule has 2 saturated heterocycles. The Hall–Kier alpha value is -1.42. The molecule has 3 heteroatoms. The number of fused-ring (bicyclic) bond motifs is 1. The van der Waals surface area contributed by atoms with Crippen molar-refractivity contribution in [3.05, 3.63) is 47.5 Å². The van der Waals surface area contributed by atoms with E-state index in [1.54, 1.807) is 0 Å². The van der Waals surface area contributed by atoms with Crippen molar-refractivity contribution in [1.82, 2.24) is 0 Å². The summed E-state index contributed by atoms with van der Waals surface area (Å²) in [5, 5.41) is 2.65. The Morgan fingerprint density at radius 1 is 0.789 bits per heavy atom. The van der Waals surface area contributed by atoms with E-state index in [9.17, 15) is 0 Å². The molecule has 100 valence electrons. The summed E-state index contributed by atoms with van der Waals surface area (Å²) in [7, 11) is 0. The molecule has 0 amide bonds. The van der Waals surface area contributed by atoms with Gasteiger partial charge in [-0.3, -0.25) is 0 Å². The number of hydrogen-bond donors (Lipinski definition) is 0. The lowest BCUT2D eigenvalue weighted by Gasteiger charge is -2.05. The van der Waals surface area contributed by atoms with Crippen LogP contribution < -0.4 is 0 Å². The van der Waals surface area contributed by atoms with Gasteiger partial charge in [0, 0.05) is 12.8 Å². The third-order valence-electron chi connectivity index (χ3n) is 3.70. The summed E-state index contributed by atoms with van der Waals surface area (Å²) >= 11 is 0. The molecule has 2 aliphatic heterocycles. The van der Waals surface area contributed by atoms with Gasteiger partial charge in [-0.1, -0.05) is 36.4 Å². The highest BCUT2D eigenvalue weighted by Crippen LogP contribution is 2.24. The zero-order chi connectivity index (χ0) is 11.9. The maximum absolute atomic E-state index is 5.29. The molecule has 19 heavy (non-hydrogen) atoms. The summed E-state index contributed by atoms with van der Waals surface area (Å²) in [5.74, 6) is 0. The molecule has 2 N–H and O–H groups in total. The summed E-state index contributed by atoms with van der Waals surface area (Å²) in [5.41, 5.74) is 2.76. The molecule has 2 aromatic carbocycles. The van der Waals surface area contributed by atoms with E-state index in [4.69, 9.17) is 9.47 Å². The zero-order valence-corrected chi connectivity index (χ0v) is 10.8. The van der Waals surface area contributed by atoms with Crippen molar-refractivity contribution in [3.8, 4) is 0 Å². The average molecular weight is 258 g/mol. The van der Waals surface area contributed by atoms with Gasteiger partial charge < -0.3 is 14.9 Å². The summed E-state index contributed by atoms with van der Waals surface area (Å²) in [4.78, 5) is 0. The van der Waals surface area contributed by atoms with Crippen molar-refractivity contribution in [1.29, 1.82) is 0 Å². The predicted octanol–water partition coefficient (Wildman–Crippen LogP) is 1.90. The van der Waals surface area contributed by atoms with Gasteiger partial charge in [0.2, 0.25) is 0 Å². The second-order valence-electron chi connectivity index (χ2n) is 5.33. The highest BCUT2D eigenvalue weighted by atomic mass is 16.6. The molecular weight excluding hydrogens is 240 g/mol. The Balaban J connectivity index is 0.00000110.